The van der Waals surface area contributed by atoms with Gasteiger partial charge in [0.2, 0.25) is 5.75 Å². The third-order valence-electron chi connectivity index (χ3n) is 5.44. The summed E-state index contributed by atoms with van der Waals surface area (Å²) in [6.45, 7) is 0. The smallest absolute Gasteiger partial charge is 0.416 e. The van der Waals surface area contributed by atoms with Gasteiger partial charge in [0, 0.05) is 11.1 Å². The number of nitrogens with zero attached hydrogens (tertiary/aromatic N) is 2. The number of barbiturate groups is 1. The molecule has 3 aromatic carbocycles. The fourth-order valence-electron chi connectivity index (χ4n) is 3.60. The van der Waals surface area contributed by atoms with Gasteiger partial charge in [0.1, 0.15) is 5.57 Å². The van der Waals surface area contributed by atoms with Crippen LogP contribution < -0.4 is 19.7 Å². The number of nitro benzene ring substituents is 1. The lowest BCUT2D eigenvalue weighted by molar-refractivity contribution is -0.385. The summed E-state index contributed by atoms with van der Waals surface area (Å²) in [4.78, 5) is 49.0. The number of carbonyl (C=O) groups is 3. The summed E-state index contributed by atoms with van der Waals surface area (Å²) in [6.07, 6.45) is -3.71. The van der Waals surface area contributed by atoms with Gasteiger partial charge >= 0.3 is 17.9 Å². The van der Waals surface area contributed by atoms with E-state index in [0.717, 1.165) is 17.0 Å². The van der Waals surface area contributed by atoms with Crippen molar-refractivity contribution in [1.29, 1.82) is 0 Å². The first-order chi connectivity index (χ1) is 18.8. The molecule has 0 spiro atoms. The monoisotopic (exact) mass is 595 g/mol. The van der Waals surface area contributed by atoms with Crippen LogP contribution in [0, 0.1) is 10.1 Å². The molecular formula is C25H14Cl2F3N3O7. The van der Waals surface area contributed by atoms with Crippen LogP contribution in [0.1, 0.15) is 11.1 Å². The van der Waals surface area contributed by atoms with Gasteiger partial charge in [-0.3, -0.25) is 25.0 Å². The van der Waals surface area contributed by atoms with Crippen LogP contribution in [0.25, 0.3) is 6.08 Å². The van der Waals surface area contributed by atoms with Crippen molar-refractivity contribution in [3.8, 4) is 17.2 Å². The van der Waals surface area contributed by atoms with E-state index in [1.807, 2.05) is 0 Å². The van der Waals surface area contributed by atoms with Gasteiger partial charge in [-0.15, -0.1) is 0 Å². The second kappa shape index (κ2) is 10.9. The standard InChI is InChI=1S/C25H14Cl2F3N3O7/c1-39-20-10-12(8-16-22(34)31-24(36)32(23(16)35)15-5-3-14(26)4-6-15)9-17(27)21(20)40-19-7-2-13(25(28,29)30)11-18(19)33(37)38/h2-11H,1H3,(H,31,34,36)/b16-8+. The highest BCUT2D eigenvalue weighted by atomic mass is 35.5. The Morgan fingerprint density at radius 2 is 1.68 bits per heavy atom. The number of urea groups is 1. The van der Waals surface area contributed by atoms with Crippen molar-refractivity contribution in [2.45, 2.75) is 6.18 Å². The molecule has 0 aliphatic carbocycles. The number of methoxy groups -OCH3 is 1. The van der Waals surface area contributed by atoms with E-state index in [1.54, 1.807) is 0 Å². The molecule has 0 atom stereocenters. The lowest BCUT2D eigenvalue weighted by Crippen LogP contribution is -2.54. The fourth-order valence-corrected chi connectivity index (χ4v) is 3.99. The van der Waals surface area contributed by atoms with Gasteiger partial charge in [0.25, 0.3) is 11.8 Å². The van der Waals surface area contributed by atoms with Gasteiger partial charge in [-0.2, -0.15) is 13.2 Å². The molecule has 0 aromatic heterocycles. The number of rotatable bonds is 6. The number of hydrogen-bond acceptors (Lipinski definition) is 7. The van der Waals surface area contributed by atoms with Crippen LogP contribution in [0.3, 0.4) is 0 Å². The Morgan fingerprint density at radius 3 is 2.27 bits per heavy atom. The lowest BCUT2D eigenvalue weighted by atomic mass is 10.1. The normalized spacial score (nSPS) is 14.8. The van der Waals surface area contributed by atoms with Gasteiger partial charge in [0.15, 0.2) is 11.5 Å². The third-order valence-corrected chi connectivity index (χ3v) is 5.98. The van der Waals surface area contributed by atoms with Crippen LogP contribution in [0.4, 0.5) is 29.3 Å². The van der Waals surface area contributed by atoms with Gasteiger partial charge in [-0.05, 0) is 60.2 Å². The van der Waals surface area contributed by atoms with E-state index in [2.05, 4.69) is 5.32 Å². The van der Waals surface area contributed by atoms with Crippen molar-refractivity contribution in [1.82, 2.24) is 5.32 Å². The first-order valence-corrected chi connectivity index (χ1v) is 11.6. The second-order valence-electron chi connectivity index (χ2n) is 8.01. The average molecular weight is 596 g/mol. The Bertz CT molecular complexity index is 1590. The van der Waals surface area contributed by atoms with Crippen LogP contribution in [0.15, 0.2) is 60.2 Å². The number of anilines is 1. The van der Waals surface area contributed by atoms with Gasteiger partial charge in [-0.1, -0.05) is 23.2 Å². The van der Waals surface area contributed by atoms with E-state index in [1.165, 1.54) is 43.5 Å². The molecule has 0 saturated carbocycles. The Kier molecular flexibility index (Phi) is 7.71. The molecule has 3 aromatic rings. The molecule has 206 valence electrons. The first kappa shape index (κ1) is 28.4. The molecule has 4 rings (SSSR count). The zero-order valence-corrected chi connectivity index (χ0v) is 21.4. The number of ether oxygens (including phenoxy) is 2. The topological polar surface area (TPSA) is 128 Å². The molecule has 1 aliphatic rings. The summed E-state index contributed by atoms with van der Waals surface area (Å²) in [6, 6.07) is 8.87. The largest absolute Gasteiger partial charge is 0.493 e. The number of halogens is 5. The maximum atomic E-state index is 13.1. The van der Waals surface area contributed by atoms with Gasteiger partial charge < -0.3 is 9.47 Å². The number of imide groups is 2. The highest BCUT2D eigenvalue weighted by molar-refractivity contribution is 6.39. The summed E-state index contributed by atoms with van der Waals surface area (Å²) >= 11 is 12.2. The Balaban J connectivity index is 1.71. The zero-order valence-electron chi connectivity index (χ0n) is 19.9. The van der Waals surface area contributed by atoms with Crippen molar-refractivity contribution >= 4 is 58.5 Å². The lowest BCUT2D eigenvalue weighted by Gasteiger charge is -2.26. The van der Waals surface area contributed by atoms with E-state index >= 15 is 0 Å². The van der Waals surface area contributed by atoms with Crippen molar-refractivity contribution in [2.75, 3.05) is 12.0 Å². The van der Waals surface area contributed by atoms with E-state index < -0.39 is 51.5 Å². The quantitative estimate of drug-likeness (QED) is 0.151. The van der Waals surface area contributed by atoms with Crippen LogP contribution >= 0.6 is 23.2 Å². The van der Waals surface area contributed by atoms with Crippen LogP contribution in [-0.2, 0) is 15.8 Å². The Hall–Kier alpha value is -4.62. The molecule has 15 heteroatoms. The first-order valence-electron chi connectivity index (χ1n) is 10.9. The van der Waals surface area contributed by atoms with E-state index in [0.29, 0.717) is 17.2 Å². The number of alkyl halides is 3. The minimum absolute atomic E-state index is 0.125. The SMILES string of the molecule is COc1cc(/C=C2\C(=O)NC(=O)N(c3ccc(Cl)cc3)C2=O)cc(Cl)c1Oc1ccc(C(F)(F)F)cc1[N+](=O)[O-]. The predicted octanol–water partition coefficient (Wildman–Crippen LogP) is 6.39. The second-order valence-corrected chi connectivity index (χ2v) is 8.85. The third kappa shape index (κ3) is 5.70. The molecule has 40 heavy (non-hydrogen) atoms. The molecule has 10 nitrogen and oxygen atoms in total. The molecule has 1 heterocycles. The summed E-state index contributed by atoms with van der Waals surface area (Å²) in [5.74, 6) is -2.92. The number of hydrogen-bond donors (Lipinski definition) is 1. The van der Waals surface area contributed by atoms with E-state index in [-0.39, 0.29) is 27.8 Å². The molecule has 0 radical (unpaired) electrons. The summed E-state index contributed by atoms with van der Waals surface area (Å²) < 4.78 is 49.8. The predicted molar refractivity (Wildman–Crippen MR) is 137 cm³/mol. The average Bonchev–Trinajstić information content (AvgIpc) is 2.88. The van der Waals surface area contributed by atoms with Crippen LogP contribution in [-0.4, -0.2) is 29.9 Å². The molecule has 0 unspecified atom stereocenters. The number of amides is 4. The highest BCUT2D eigenvalue weighted by Crippen LogP contribution is 2.44. The number of nitro groups is 1. The molecule has 1 saturated heterocycles. The van der Waals surface area contributed by atoms with Gasteiger partial charge in [-0.25, -0.2) is 9.69 Å². The number of carbonyl (C=O) groups excluding carboxylic acids is 3. The number of nitrogens with one attached hydrogen (secondary N) is 1. The van der Waals surface area contributed by atoms with Crippen LogP contribution in [0.5, 0.6) is 17.2 Å². The molecule has 1 N–H and O–H groups in total. The Labute approximate surface area is 232 Å². The minimum atomic E-state index is -4.83. The van der Waals surface area contributed by atoms with E-state index in [4.69, 9.17) is 32.7 Å². The molecule has 1 aliphatic heterocycles. The van der Waals surface area contributed by atoms with Crippen LogP contribution in [0.2, 0.25) is 10.0 Å². The maximum absolute atomic E-state index is 13.1. The van der Waals surface area contributed by atoms with Crippen molar-refractivity contribution < 1.29 is 42.0 Å². The summed E-state index contributed by atoms with van der Waals surface area (Å²) in [5.41, 5.74) is -2.41. The highest BCUT2D eigenvalue weighted by Gasteiger charge is 2.37. The minimum Gasteiger partial charge on any atom is -0.493 e. The van der Waals surface area contributed by atoms with E-state index in [9.17, 15) is 37.7 Å². The summed E-state index contributed by atoms with van der Waals surface area (Å²) in [7, 11) is 1.19. The Morgan fingerprint density at radius 1 is 1.00 bits per heavy atom. The van der Waals surface area contributed by atoms with Crippen molar-refractivity contribution in [3.05, 3.63) is 91.5 Å². The zero-order chi connectivity index (χ0) is 29.4. The summed E-state index contributed by atoms with van der Waals surface area (Å²) in [5, 5.41) is 13.6. The van der Waals surface area contributed by atoms with Crippen molar-refractivity contribution in [2.24, 2.45) is 0 Å². The van der Waals surface area contributed by atoms with Crippen molar-refractivity contribution in [3.63, 3.8) is 0 Å². The van der Waals surface area contributed by atoms with Gasteiger partial charge in [0.05, 0.1) is 28.3 Å². The molecule has 1 fully saturated rings. The maximum Gasteiger partial charge on any atom is 0.416 e. The molecule has 0 bridgehead atoms. The molecule has 4 amide bonds. The number of benzene rings is 3. The molecular weight excluding hydrogens is 582 g/mol. The fraction of sp³-hybridized carbons (Fsp3) is 0.0800.